The maximum Gasteiger partial charge on any atom is 0.252 e. The second-order valence-electron chi connectivity index (χ2n) is 4.84. The lowest BCUT2D eigenvalue weighted by atomic mass is 10.2. The summed E-state index contributed by atoms with van der Waals surface area (Å²) in [7, 11) is 0. The van der Waals surface area contributed by atoms with Crippen LogP contribution in [0.4, 0.5) is 8.78 Å². The van der Waals surface area contributed by atoms with Gasteiger partial charge in [0.2, 0.25) is 0 Å². The standard InChI is InChI=1S/C15H12F2N4O/c1-9(14-20-19-13-4-2-3-5-21(13)14)18-15(22)10-6-11(16)8-12(17)7-10/h2-9H,1H3,(H,18,22)/t9-/m1/s1. The van der Waals surface area contributed by atoms with E-state index < -0.39 is 23.6 Å². The Morgan fingerprint density at radius 2 is 1.91 bits per heavy atom. The Balaban J connectivity index is 1.84. The van der Waals surface area contributed by atoms with Gasteiger partial charge < -0.3 is 5.32 Å². The first kappa shape index (κ1) is 14.1. The third kappa shape index (κ3) is 2.65. The van der Waals surface area contributed by atoms with E-state index in [1.165, 1.54) is 0 Å². The molecular formula is C15H12F2N4O. The number of fused-ring (bicyclic) bond motifs is 1. The lowest BCUT2D eigenvalue weighted by Crippen LogP contribution is -2.28. The molecule has 5 nitrogen and oxygen atoms in total. The van der Waals surface area contributed by atoms with Crippen molar-refractivity contribution in [1.82, 2.24) is 19.9 Å². The van der Waals surface area contributed by atoms with Gasteiger partial charge in [0.05, 0.1) is 6.04 Å². The van der Waals surface area contributed by atoms with Gasteiger partial charge in [0, 0.05) is 17.8 Å². The maximum atomic E-state index is 13.2. The number of carbonyl (C=O) groups is 1. The number of nitrogens with zero attached hydrogens (tertiary/aromatic N) is 3. The second-order valence-corrected chi connectivity index (χ2v) is 4.84. The number of aromatic nitrogens is 3. The van der Waals surface area contributed by atoms with Gasteiger partial charge in [-0.1, -0.05) is 6.07 Å². The summed E-state index contributed by atoms with van der Waals surface area (Å²) >= 11 is 0. The van der Waals surface area contributed by atoms with Crippen molar-refractivity contribution in [2.75, 3.05) is 0 Å². The van der Waals surface area contributed by atoms with E-state index in [0.717, 1.165) is 12.1 Å². The summed E-state index contributed by atoms with van der Waals surface area (Å²) in [6.07, 6.45) is 1.77. The van der Waals surface area contributed by atoms with Crippen LogP contribution in [-0.4, -0.2) is 20.5 Å². The molecule has 1 amide bonds. The highest BCUT2D eigenvalue weighted by Gasteiger charge is 2.17. The van der Waals surface area contributed by atoms with Gasteiger partial charge in [-0.05, 0) is 31.2 Å². The normalized spacial score (nSPS) is 12.3. The average molecular weight is 302 g/mol. The summed E-state index contributed by atoms with van der Waals surface area (Å²) in [6, 6.07) is 7.62. The molecule has 3 aromatic rings. The molecular weight excluding hydrogens is 290 g/mol. The first-order valence-corrected chi connectivity index (χ1v) is 6.61. The van der Waals surface area contributed by atoms with E-state index in [9.17, 15) is 13.6 Å². The Labute approximate surface area is 124 Å². The van der Waals surface area contributed by atoms with Gasteiger partial charge >= 0.3 is 0 Å². The fraction of sp³-hybridized carbons (Fsp3) is 0.133. The second kappa shape index (κ2) is 5.51. The summed E-state index contributed by atoms with van der Waals surface area (Å²) in [5.41, 5.74) is 0.563. The molecule has 0 unspecified atom stereocenters. The Kier molecular flexibility index (Phi) is 3.54. The van der Waals surface area contributed by atoms with Crippen LogP contribution >= 0.6 is 0 Å². The Bertz CT molecular complexity index is 826. The molecule has 1 atom stereocenters. The molecule has 0 aliphatic rings. The number of amides is 1. The molecule has 1 aromatic carbocycles. The Morgan fingerprint density at radius 3 is 2.64 bits per heavy atom. The molecule has 0 saturated heterocycles. The van der Waals surface area contributed by atoms with E-state index in [1.807, 2.05) is 12.1 Å². The van der Waals surface area contributed by atoms with Crippen LogP contribution in [0, 0.1) is 11.6 Å². The van der Waals surface area contributed by atoms with E-state index >= 15 is 0 Å². The van der Waals surface area contributed by atoms with Crippen molar-refractivity contribution in [2.45, 2.75) is 13.0 Å². The van der Waals surface area contributed by atoms with Gasteiger partial charge in [0.1, 0.15) is 11.6 Å². The molecule has 3 rings (SSSR count). The van der Waals surface area contributed by atoms with Crippen molar-refractivity contribution in [2.24, 2.45) is 0 Å². The molecule has 0 fully saturated rings. The molecule has 2 aromatic heterocycles. The Morgan fingerprint density at radius 1 is 1.18 bits per heavy atom. The van der Waals surface area contributed by atoms with Crippen molar-refractivity contribution in [1.29, 1.82) is 0 Å². The van der Waals surface area contributed by atoms with Crippen molar-refractivity contribution in [3.05, 3.63) is 65.6 Å². The van der Waals surface area contributed by atoms with E-state index in [1.54, 1.807) is 23.6 Å². The molecule has 0 saturated carbocycles. The minimum atomic E-state index is -0.800. The number of pyridine rings is 1. The molecule has 1 N–H and O–H groups in total. The predicted octanol–water partition coefficient (Wildman–Crippen LogP) is 2.50. The van der Waals surface area contributed by atoms with E-state index in [-0.39, 0.29) is 5.56 Å². The number of rotatable bonds is 3. The highest BCUT2D eigenvalue weighted by Crippen LogP contribution is 2.14. The largest absolute Gasteiger partial charge is 0.342 e. The zero-order valence-corrected chi connectivity index (χ0v) is 11.6. The number of hydrogen-bond acceptors (Lipinski definition) is 3. The van der Waals surface area contributed by atoms with Crippen molar-refractivity contribution in [3.8, 4) is 0 Å². The molecule has 2 heterocycles. The van der Waals surface area contributed by atoms with Crippen LogP contribution in [0.1, 0.15) is 29.1 Å². The third-order valence-electron chi connectivity index (χ3n) is 3.20. The highest BCUT2D eigenvalue weighted by atomic mass is 19.1. The lowest BCUT2D eigenvalue weighted by Gasteiger charge is -2.12. The molecule has 7 heteroatoms. The molecule has 112 valence electrons. The number of carbonyl (C=O) groups excluding carboxylic acids is 1. The van der Waals surface area contributed by atoms with Crippen LogP contribution in [0.5, 0.6) is 0 Å². The molecule has 0 spiro atoms. The molecule has 0 bridgehead atoms. The number of benzene rings is 1. The molecule has 0 aliphatic carbocycles. The van der Waals surface area contributed by atoms with Gasteiger partial charge in [0.15, 0.2) is 11.5 Å². The van der Waals surface area contributed by atoms with E-state index in [0.29, 0.717) is 17.5 Å². The van der Waals surface area contributed by atoms with Crippen LogP contribution in [0.25, 0.3) is 5.65 Å². The van der Waals surface area contributed by atoms with Crippen LogP contribution in [-0.2, 0) is 0 Å². The third-order valence-corrected chi connectivity index (χ3v) is 3.20. The number of nitrogens with one attached hydrogen (secondary N) is 1. The number of hydrogen-bond donors (Lipinski definition) is 1. The predicted molar refractivity (Wildman–Crippen MR) is 75.2 cm³/mol. The van der Waals surface area contributed by atoms with Gasteiger partial charge in [0.25, 0.3) is 5.91 Å². The Hall–Kier alpha value is -2.83. The van der Waals surface area contributed by atoms with Crippen LogP contribution in [0.3, 0.4) is 0 Å². The van der Waals surface area contributed by atoms with Crippen molar-refractivity contribution < 1.29 is 13.6 Å². The van der Waals surface area contributed by atoms with Crippen LogP contribution in [0.15, 0.2) is 42.6 Å². The lowest BCUT2D eigenvalue weighted by molar-refractivity contribution is 0.0937. The van der Waals surface area contributed by atoms with Gasteiger partial charge in [-0.3, -0.25) is 9.20 Å². The quantitative estimate of drug-likeness (QED) is 0.808. The first-order chi connectivity index (χ1) is 10.5. The highest BCUT2D eigenvalue weighted by molar-refractivity contribution is 5.94. The zero-order valence-electron chi connectivity index (χ0n) is 11.6. The fourth-order valence-corrected chi connectivity index (χ4v) is 2.18. The maximum absolute atomic E-state index is 13.2. The van der Waals surface area contributed by atoms with Gasteiger partial charge in [-0.2, -0.15) is 0 Å². The molecule has 22 heavy (non-hydrogen) atoms. The first-order valence-electron chi connectivity index (χ1n) is 6.61. The van der Waals surface area contributed by atoms with E-state index in [4.69, 9.17) is 0 Å². The minimum Gasteiger partial charge on any atom is -0.342 e. The van der Waals surface area contributed by atoms with Crippen LogP contribution in [0.2, 0.25) is 0 Å². The van der Waals surface area contributed by atoms with Crippen LogP contribution < -0.4 is 5.32 Å². The molecule has 0 aliphatic heterocycles. The summed E-state index contributed by atoms with van der Waals surface area (Å²) in [5.74, 6) is -1.66. The summed E-state index contributed by atoms with van der Waals surface area (Å²) < 4.78 is 28.1. The SMILES string of the molecule is C[C@@H](NC(=O)c1cc(F)cc(F)c1)c1nnc2ccccn12. The van der Waals surface area contributed by atoms with Crippen molar-refractivity contribution in [3.63, 3.8) is 0 Å². The average Bonchev–Trinajstić information content (AvgIpc) is 2.90. The number of halogens is 2. The van der Waals surface area contributed by atoms with Gasteiger partial charge in [-0.15, -0.1) is 10.2 Å². The molecule has 0 radical (unpaired) electrons. The summed E-state index contributed by atoms with van der Waals surface area (Å²) in [6.45, 7) is 1.72. The smallest absolute Gasteiger partial charge is 0.252 e. The summed E-state index contributed by atoms with van der Waals surface area (Å²) in [4.78, 5) is 12.1. The monoisotopic (exact) mass is 302 g/mol. The van der Waals surface area contributed by atoms with E-state index in [2.05, 4.69) is 15.5 Å². The zero-order chi connectivity index (χ0) is 15.7. The fourth-order valence-electron chi connectivity index (χ4n) is 2.18. The van der Waals surface area contributed by atoms with Crippen molar-refractivity contribution >= 4 is 11.6 Å². The van der Waals surface area contributed by atoms with Gasteiger partial charge in [-0.25, -0.2) is 8.78 Å². The topological polar surface area (TPSA) is 59.3 Å². The minimum absolute atomic E-state index is 0.0850. The summed E-state index contributed by atoms with van der Waals surface area (Å²) in [5, 5.41) is 10.7.